The summed E-state index contributed by atoms with van der Waals surface area (Å²) in [6.07, 6.45) is 1.75. The largest absolute Gasteiger partial charge is 0.359 e. The molecular weight excluding hydrogens is 271 g/mol. The van der Waals surface area contributed by atoms with Crippen molar-refractivity contribution in [3.05, 3.63) is 52.7 Å². The molecule has 0 saturated carbocycles. The van der Waals surface area contributed by atoms with E-state index in [2.05, 4.69) is 5.16 Å². The third-order valence-electron chi connectivity index (χ3n) is 3.91. The Morgan fingerprint density at radius 2 is 2.19 bits per heavy atom. The molecular formula is C16H17FN2O2. The molecule has 1 atom stereocenters. The number of likely N-dealkylation sites (tertiary alicyclic amines) is 1. The third kappa shape index (κ3) is 2.55. The number of carbonyl (C=O) groups excluding carboxylic acids is 1. The van der Waals surface area contributed by atoms with Gasteiger partial charge in [0.1, 0.15) is 5.82 Å². The number of nitrogens with zero attached hydrogens (tertiary/aromatic N) is 2. The van der Waals surface area contributed by atoms with Crippen molar-refractivity contribution in [1.29, 1.82) is 0 Å². The van der Waals surface area contributed by atoms with Gasteiger partial charge in [-0.25, -0.2) is 4.39 Å². The summed E-state index contributed by atoms with van der Waals surface area (Å²) in [6.45, 7) is 4.18. The van der Waals surface area contributed by atoms with Gasteiger partial charge < -0.3 is 9.42 Å². The van der Waals surface area contributed by atoms with Crippen LogP contribution in [0.4, 0.5) is 4.39 Å². The van der Waals surface area contributed by atoms with E-state index in [1.165, 1.54) is 6.07 Å². The lowest BCUT2D eigenvalue weighted by Crippen LogP contribution is -2.30. The highest BCUT2D eigenvalue weighted by molar-refractivity contribution is 5.94. The normalized spacial score (nSPS) is 18.2. The molecule has 0 unspecified atom stereocenters. The van der Waals surface area contributed by atoms with Gasteiger partial charge in [0.25, 0.3) is 5.91 Å². The van der Waals surface area contributed by atoms with Crippen LogP contribution in [0.1, 0.15) is 46.3 Å². The van der Waals surface area contributed by atoms with E-state index in [0.29, 0.717) is 23.4 Å². The van der Waals surface area contributed by atoms with Gasteiger partial charge in [0.15, 0.2) is 5.76 Å². The van der Waals surface area contributed by atoms with Gasteiger partial charge >= 0.3 is 0 Å². The van der Waals surface area contributed by atoms with Crippen molar-refractivity contribution in [2.75, 3.05) is 6.54 Å². The van der Waals surface area contributed by atoms with Gasteiger partial charge in [-0.2, -0.15) is 0 Å². The second kappa shape index (κ2) is 5.31. The summed E-state index contributed by atoms with van der Waals surface area (Å²) in [4.78, 5) is 14.3. The Kier molecular flexibility index (Phi) is 3.49. The summed E-state index contributed by atoms with van der Waals surface area (Å²) in [5, 5.41) is 3.88. The van der Waals surface area contributed by atoms with Crippen LogP contribution in [0.15, 0.2) is 28.8 Å². The molecule has 1 aliphatic rings. The fourth-order valence-electron chi connectivity index (χ4n) is 2.74. The first-order valence-corrected chi connectivity index (χ1v) is 7.06. The first-order chi connectivity index (χ1) is 10.1. The summed E-state index contributed by atoms with van der Waals surface area (Å²) < 4.78 is 18.9. The average Bonchev–Trinajstić information content (AvgIpc) is 3.09. The Bertz CT molecular complexity index is 681. The smallest absolute Gasteiger partial charge is 0.254 e. The van der Waals surface area contributed by atoms with Crippen LogP contribution in [0.25, 0.3) is 0 Å². The summed E-state index contributed by atoms with van der Waals surface area (Å²) in [5.41, 5.74) is 1.71. The van der Waals surface area contributed by atoms with Crippen molar-refractivity contribution in [3.8, 4) is 0 Å². The molecule has 3 rings (SSSR count). The number of amides is 1. The Morgan fingerprint density at radius 1 is 1.38 bits per heavy atom. The molecule has 0 radical (unpaired) electrons. The molecule has 5 heteroatoms. The van der Waals surface area contributed by atoms with Gasteiger partial charge in [-0.1, -0.05) is 11.2 Å². The minimum Gasteiger partial charge on any atom is -0.359 e. The van der Waals surface area contributed by atoms with Crippen molar-refractivity contribution in [2.45, 2.75) is 32.7 Å². The fraction of sp³-hybridized carbons (Fsp3) is 0.375. The predicted octanol–water partition coefficient (Wildman–Crippen LogP) is 3.41. The molecule has 1 saturated heterocycles. The number of halogens is 1. The zero-order chi connectivity index (χ0) is 15.0. The van der Waals surface area contributed by atoms with E-state index < -0.39 is 0 Å². The summed E-state index contributed by atoms with van der Waals surface area (Å²) in [6, 6.07) is 6.35. The molecule has 1 aromatic carbocycles. The van der Waals surface area contributed by atoms with Gasteiger partial charge in [0.2, 0.25) is 0 Å². The molecule has 2 heterocycles. The number of hydrogen-bond acceptors (Lipinski definition) is 3. The highest BCUT2D eigenvalue weighted by Gasteiger charge is 2.33. The molecule has 1 aromatic heterocycles. The number of carbonyl (C=O) groups is 1. The Balaban J connectivity index is 1.87. The van der Waals surface area contributed by atoms with Crippen LogP contribution in [0.2, 0.25) is 0 Å². The van der Waals surface area contributed by atoms with Crippen molar-refractivity contribution in [3.63, 3.8) is 0 Å². The van der Waals surface area contributed by atoms with Gasteiger partial charge in [-0.3, -0.25) is 4.79 Å². The van der Waals surface area contributed by atoms with Crippen molar-refractivity contribution < 1.29 is 13.7 Å². The van der Waals surface area contributed by atoms with E-state index in [0.717, 1.165) is 18.5 Å². The molecule has 1 fully saturated rings. The van der Waals surface area contributed by atoms with E-state index in [-0.39, 0.29) is 17.8 Å². The number of aromatic nitrogens is 1. The van der Waals surface area contributed by atoms with E-state index in [4.69, 9.17) is 4.52 Å². The molecule has 4 nitrogen and oxygen atoms in total. The second-order valence-corrected chi connectivity index (χ2v) is 5.49. The molecule has 0 spiro atoms. The lowest BCUT2D eigenvalue weighted by molar-refractivity contribution is 0.0714. The lowest BCUT2D eigenvalue weighted by atomic mass is 10.1. The first-order valence-electron chi connectivity index (χ1n) is 7.06. The van der Waals surface area contributed by atoms with Crippen LogP contribution in [0.5, 0.6) is 0 Å². The van der Waals surface area contributed by atoms with Crippen LogP contribution < -0.4 is 0 Å². The lowest BCUT2D eigenvalue weighted by Gasteiger charge is -2.22. The monoisotopic (exact) mass is 288 g/mol. The minimum absolute atomic E-state index is 0.108. The molecule has 110 valence electrons. The number of aryl methyl sites for hydroxylation is 2. The maximum absolute atomic E-state index is 13.7. The standard InChI is InChI=1S/C16H17FN2O2/c1-10-5-6-12(9-13(10)17)16(20)19-7-3-4-14(19)15-8-11(2)18-21-15/h5-6,8-9,14H,3-4,7H2,1-2H3/t14-/m1/s1. The van der Waals surface area contributed by atoms with Crippen LogP contribution >= 0.6 is 0 Å². The summed E-state index contributed by atoms with van der Waals surface area (Å²) in [5.74, 6) is 0.184. The maximum Gasteiger partial charge on any atom is 0.254 e. The molecule has 0 aliphatic carbocycles. The van der Waals surface area contributed by atoms with E-state index in [1.54, 1.807) is 24.0 Å². The second-order valence-electron chi connectivity index (χ2n) is 5.49. The van der Waals surface area contributed by atoms with Crippen LogP contribution in [-0.2, 0) is 0 Å². The van der Waals surface area contributed by atoms with Crippen LogP contribution in [0, 0.1) is 19.7 Å². The van der Waals surface area contributed by atoms with E-state index in [1.807, 2.05) is 13.0 Å². The fourth-order valence-corrected chi connectivity index (χ4v) is 2.74. The third-order valence-corrected chi connectivity index (χ3v) is 3.91. The highest BCUT2D eigenvalue weighted by atomic mass is 19.1. The first kappa shape index (κ1) is 13.8. The Morgan fingerprint density at radius 3 is 2.86 bits per heavy atom. The zero-order valence-corrected chi connectivity index (χ0v) is 12.1. The molecule has 1 amide bonds. The summed E-state index contributed by atoms with van der Waals surface area (Å²) >= 11 is 0. The van der Waals surface area contributed by atoms with Gasteiger partial charge in [0, 0.05) is 18.2 Å². The molecule has 2 aromatic rings. The molecule has 1 aliphatic heterocycles. The molecule has 0 N–H and O–H groups in total. The van der Waals surface area contributed by atoms with Gasteiger partial charge in [-0.05, 0) is 44.4 Å². The van der Waals surface area contributed by atoms with Crippen LogP contribution in [0.3, 0.4) is 0 Å². The zero-order valence-electron chi connectivity index (χ0n) is 12.1. The maximum atomic E-state index is 13.7. The SMILES string of the molecule is Cc1cc([C@H]2CCCN2C(=O)c2ccc(C)c(F)c2)on1. The number of hydrogen-bond donors (Lipinski definition) is 0. The van der Waals surface area contributed by atoms with Gasteiger partial charge in [-0.15, -0.1) is 0 Å². The van der Waals surface area contributed by atoms with E-state index in [9.17, 15) is 9.18 Å². The Labute approximate surface area is 122 Å². The van der Waals surface area contributed by atoms with Crippen molar-refractivity contribution in [2.24, 2.45) is 0 Å². The summed E-state index contributed by atoms with van der Waals surface area (Å²) in [7, 11) is 0. The van der Waals surface area contributed by atoms with Crippen LogP contribution in [-0.4, -0.2) is 22.5 Å². The number of benzene rings is 1. The van der Waals surface area contributed by atoms with E-state index >= 15 is 0 Å². The van der Waals surface area contributed by atoms with Gasteiger partial charge in [0.05, 0.1) is 11.7 Å². The van der Waals surface area contributed by atoms with Crippen molar-refractivity contribution >= 4 is 5.91 Å². The quantitative estimate of drug-likeness (QED) is 0.850. The molecule has 0 bridgehead atoms. The molecule has 21 heavy (non-hydrogen) atoms. The number of rotatable bonds is 2. The predicted molar refractivity (Wildman–Crippen MR) is 75.4 cm³/mol. The minimum atomic E-state index is -0.355. The topological polar surface area (TPSA) is 46.3 Å². The Hall–Kier alpha value is -2.17. The van der Waals surface area contributed by atoms with Crippen molar-refractivity contribution in [1.82, 2.24) is 10.1 Å². The average molecular weight is 288 g/mol. The highest BCUT2D eigenvalue weighted by Crippen LogP contribution is 2.33.